The Morgan fingerprint density at radius 1 is 1.14 bits per heavy atom. The standard InChI is InChI=1S/C33H42FNO5S.C2H6/c1-6-33(39-4,16-17-41(5)38)22-40-29-18-23(2)32(24(3)19-29)27-9-7-8-25(20-27)21-35-28-12-10-26(11-15-31(36)37)30(34)14-13-28;1-2/h7-10,12,14,18-20,35H,6,11,13,15-17,21-22H2,1-5H3,(H,36,37);1-2H3. The number of carboxylic acid groups (broad SMARTS) is 1. The van der Waals surface area contributed by atoms with E-state index in [1.165, 1.54) is 6.08 Å². The van der Waals surface area contributed by atoms with Crippen molar-refractivity contribution in [1.82, 2.24) is 5.32 Å². The number of ether oxygens (including phenoxy) is 2. The number of carbonyl (C=O) groups is 1. The topological polar surface area (TPSA) is 84.9 Å². The lowest BCUT2D eigenvalue weighted by molar-refractivity contribution is -0.136. The Hall–Kier alpha value is -3.23. The van der Waals surface area contributed by atoms with Crippen molar-refractivity contribution in [3.8, 4) is 16.9 Å². The van der Waals surface area contributed by atoms with Crippen LogP contribution in [-0.2, 0) is 26.9 Å². The number of halogens is 1. The van der Waals surface area contributed by atoms with Gasteiger partial charge in [-0.3, -0.25) is 9.00 Å². The highest BCUT2D eigenvalue weighted by Crippen LogP contribution is 2.33. The average Bonchev–Trinajstić information content (AvgIpc) is 3.17. The smallest absolute Gasteiger partial charge is 0.303 e. The van der Waals surface area contributed by atoms with E-state index in [0.717, 1.165) is 45.7 Å². The Morgan fingerprint density at radius 2 is 1.84 bits per heavy atom. The molecule has 1 aliphatic carbocycles. The lowest BCUT2D eigenvalue weighted by atomic mass is 9.94. The third-order valence-electron chi connectivity index (χ3n) is 7.57. The maximum atomic E-state index is 14.4. The monoisotopic (exact) mass is 613 g/mol. The second kappa shape index (κ2) is 17.8. The fourth-order valence-corrected chi connectivity index (χ4v) is 5.63. The van der Waals surface area contributed by atoms with Crippen molar-refractivity contribution in [2.75, 3.05) is 25.7 Å². The number of rotatable bonds is 15. The Bertz CT molecular complexity index is 1320. The largest absolute Gasteiger partial charge is 0.491 e. The first-order valence-corrected chi connectivity index (χ1v) is 16.7. The van der Waals surface area contributed by atoms with Crippen LogP contribution in [0, 0.1) is 13.8 Å². The summed E-state index contributed by atoms with van der Waals surface area (Å²) in [5, 5.41) is 12.3. The third-order valence-corrected chi connectivity index (χ3v) is 8.35. The Balaban J connectivity index is 0.00000316. The fourth-order valence-electron chi connectivity index (χ4n) is 4.97. The van der Waals surface area contributed by atoms with E-state index in [0.29, 0.717) is 37.3 Å². The summed E-state index contributed by atoms with van der Waals surface area (Å²) in [4.78, 5) is 10.9. The summed E-state index contributed by atoms with van der Waals surface area (Å²) in [6.45, 7) is 11.2. The highest BCUT2D eigenvalue weighted by Gasteiger charge is 2.29. The first kappa shape index (κ1) is 36.0. The van der Waals surface area contributed by atoms with Gasteiger partial charge in [0.1, 0.15) is 23.8 Å². The molecule has 2 aromatic rings. The highest BCUT2D eigenvalue weighted by atomic mass is 32.2. The maximum Gasteiger partial charge on any atom is 0.303 e. The number of benzene rings is 2. The van der Waals surface area contributed by atoms with Crippen molar-refractivity contribution in [3.05, 3.63) is 88.4 Å². The van der Waals surface area contributed by atoms with Crippen LogP contribution < -0.4 is 10.1 Å². The Morgan fingerprint density at radius 3 is 2.44 bits per heavy atom. The number of nitrogens with one attached hydrogen (secondary N) is 1. The molecule has 1 aliphatic rings. The molecular weight excluding hydrogens is 565 g/mol. The van der Waals surface area contributed by atoms with Gasteiger partial charge in [0.2, 0.25) is 0 Å². The Kier molecular flexibility index (Phi) is 14.9. The van der Waals surface area contributed by atoms with Crippen molar-refractivity contribution >= 4 is 16.8 Å². The van der Waals surface area contributed by atoms with E-state index in [9.17, 15) is 13.4 Å². The van der Waals surface area contributed by atoms with E-state index in [2.05, 4.69) is 44.3 Å². The summed E-state index contributed by atoms with van der Waals surface area (Å²) in [7, 11) is 0.798. The quantitative estimate of drug-likeness (QED) is 0.212. The molecule has 236 valence electrons. The van der Waals surface area contributed by atoms with Crippen LogP contribution in [0.4, 0.5) is 4.39 Å². The molecule has 0 fully saturated rings. The lowest BCUT2D eigenvalue weighted by Gasteiger charge is -2.31. The molecule has 8 heteroatoms. The number of allylic oxidation sites excluding steroid dienone is 5. The van der Waals surface area contributed by atoms with E-state index in [1.807, 2.05) is 38.1 Å². The number of carboxylic acids is 1. The minimum absolute atomic E-state index is 0.1000. The van der Waals surface area contributed by atoms with E-state index in [4.69, 9.17) is 14.6 Å². The van der Waals surface area contributed by atoms with Gasteiger partial charge in [0, 0.05) is 55.0 Å². The molecule has 0 bridgehead atoms. The molecule has 2 N–H and O–H groups in total. The van der Waals surface area contributed by atoms with E-state index in [1.54, 1.807) is 19.4 Å². The molecular formula is C35H48FNO5S. The molecule has 0 heterocycles. The van der Waals surface area contributed by atoms with Crippen molar-refractivity contribution in [3.63, 3.8) is 0 Å². The molecule has 0 aromatic heterocycles. The zero-order valence-electron chi connectivity index (χ0n) is 26.7. The molecule has 0 spiro atoms. The zero-order chi connectivity index (χ0) is 32.0. The van der Waals surface area contributed by atoms with Crippen LogP contribution in [0.3, 0.4) is 0 Å². The highest BCUT2D eigenvalue weighted by molar-refractivity contribution is 7.84. The van der Waals surface area contributed by atoms with Gasteiger partial charge >= 0.3 is 5.97 Å². The number of hydrogen-bond acceptors (Lipinski definition) is 5. The van der Waals surface area contributed by atoms with Crippen LogP contribution in [0.2, 0.25) is 0 Å². The molecule has 3 rings (SSSR count). The lowest BCUT2D eigenvalue weighted by Crippen LogP contribution is -2.39. The van der Waals surface area contributed by atoms with Gasteiger partial charge in [0.15, 0.2) is 0 Å². The minimum atomic E-state index is -0.940. The van der Waals surface area contributed by atoms with Crippen LogP contribution in [-0.4, -0.2) is 46.6 Å². The summed E-state index contributed by atoms with van der Waals surface area (Å²) in [6, 6.07) is 12.4. The number of hydrogen-bond donors (Lipinski definition) is 2. The van der Waals surface area contributed by atoms with Gasteiger partial charge in [-0.25, -0.2) is 4.39 Å². The first-order valence-electron chi connectivity index (χ1n) is 15.0. The van der Waals surface area contributed by atoms with E-state index in [-0.39, 0.29) is 18.7 Å². The number of aryl methyl sites for hydroxylation is 2. The normalized spacial score (nSPS) is 15.0. The summed E-state index contributed by atoms with van der Waals surface area (Å²) < 4.78 is 38.0. The maximum absolute atomic E-state index is 14.4. The van der Waals surface area contributed by atoms with Crippen molar-refractivity contribution in [2.45, 2.75) is 78.9 Å². The fraction of sp³-hybridized carbons (Fsp3) is 0.457. The molecule has 0 amide bonds. The van der Waals surface area contributed by atoms with E-state index >= 15 is 0 Å². The van der Waals surface area contributed by atoms with Crippen molar-refractivity contribution in [2.24, 2.45) is 0 Å². The second-order valence-electron chi connectivity index (χ2n) is 10.6. The SMILES string of the molecule is CC.CCC(CCS(C)=O)(COc1cc(C)c(-c2cccc(CNC3=CC=C(CCC(=O)O)C(F)=CC3)c2)c(C)c1)OC. The average molecular weight is 614 g/mol. The molecule has 6 nitrogen and oxygen atoms in total. The van der Waals surface area contributed by atoms with Gasteiger partial charge in [-0.15, -0.1) is 0 Å². The van der Waals surface area contributed by atoms with Gasteiger partial charge in [-0.05, 0) is 96.9 Å². The van der Waals surface area contributed by atoms with Crippen LogP contribution in [0.5, 0.6) is 5.75 Å². The van der Waals surface area contributed by atoms with Gasteiger partial charge < -0.3 is 19.9 Å². The predicted molar refractivity (Wildman–Crippen MR) is 175 cm³/mol. The van der Waals surface area contributed by atoms with Crippen molar-refractivity contribution < 1.29 is 28.0 Å². The number of methoxy groups -OCH3 is 1. The zero-order valence-corrected chi connectivity index (χ0v) is 27.5. The van der Waals surface area contributed by atoms with Crippen LogP contribution in [0.1, 0.15) is 69.6 Å². The minimum Gasteiger partial charge on any atom is -0.491 e. The molecule has 2 atom stereocenters. The second-order valence-corrected chi connectivity index (χ2v) is 12.1. The van der Waals surface area contributed by atoms with Gasteiger partial charge in [-0.2, -0.15) is 0 Å². The first-order chi connectivity index (χ1) is 20.6. The van der Waals surface area contributed by atoms with E-state index < -0.39 is 22.4 Å². The molecule has 0 aliphatic heterocycles. The molecule has 2 unspecified atom stereocenters. The molecule has 2 aromatic carbocycles. The predicted octanol–water partition coefficient (Wildman–Crippen LogP) is 7.96. The summed E-state index contributed by atoms with van der Waals surface area (Å²) in [6.07, 6.45) is 8.61. The molecule has 0 radical (unpaired) electrons. The number of aliphatic carboxylic acids is 1. The van der Waals surface area contributed by atoms with Crippen LogP contribution in [0.25, 0.3) is 11.1 Å². The van der Waals surface area contributed by atoms with Crippen LogP contribution >= 0.6 is 0 Å². The molecule has 0 saturated heterocycles. The van der Waals surface area contributed by atoms with Crippen LogP contribution in [0.15, 0.2) is 71.7 Å². The Labute approximate surface area is 259 Å². The van der Waals surface area contributed by atoms with Gasteiger partial charge in [0.25, 0.3) is 0 Å². The summed E-state index contributed by atoms with van der Waals surface area (Å²) in [5.41, 5.74) is 6.35. The summed E-state index contributed by atoms with van der Waals surface area (Å²) >= 11 is 0. The summed E-state index contributed by atoms with van der Waals surface area (Å²) in [5.74, 6) is 0.0532. The van der Waals surface area contributed by atoms with Gasteiger partial charge in [0.05, 0.1) is 0 Å². The third kappa shape index (κ3) is 11.1. The molecule has 43 heavy (non-hydrogen) atoms. The van der Waals surface area contributed by atoms with Crippen molar-refractivity contribution in [1.29, 1.82) is 0 Å². The van der Waals surface area contributed by atoms with Gasteiger partial charge in [-0.1, -0.05) is 45.0 Å². The molecule has 0 saturated carbocycles.